The first-order chi connectivity index (χ1) is 6.77. The summed E-state index contributed by atoms with van der Waals surface area (Å²) >= 11 is 0. The predicted molar refractivity (Wildman–Crippen MR) is 58.1 cm³/mol. The molecule has 0 saturated heterocycles. The minimum atomic E-state index is 0.655. The van der Waals surface area contributed by atoms with E-state index in [9.17, 15) is 0 Å². The minimum Gasteiger partial charge on any atom is -0.255 e. The van der Waals surface area contributed by atoms with Crippen molar-refractivity contribution in [3.05, 3.63) is 36.2 Å². The van der Waals surface area contributed by atoms with Crippen LogP contribution < -0.4 is 0 Å². The quantitative estimate of drug-likeness (QED) is 0.720. The fraction of sp³-hybridized carbons (Fsp3) is 0.333. The summed E-state index contributed by atoms with van der Waals surface area (Å²) < 4.78 is 0. The Hall–Kier alpha value is -1.44. The van der Waals surface area contributed by atoms with Crippen LogP contribution in [0.4, 0.5) is 0 Å². The maximum atomic E-state index is 4.37. The second kappa shape index (κ2) is 3.74. The molecule has 14 heavy (non-hydrogen) atoms. The zero-order valence-corrected chi connectivity index (χ0v) is 8.57. The maximum absolute atomic E-state index is 4.37. The lowest BCUT2D eigenvalue weighted by Crippen LogP contribution is -1.97. The molecule has 0 aromatic carbocycles. The fourth-order valence-corrected chi connectivity index (χ4v) is 1.64. The van der Waals surface area contributed by atoms with Gasteiger partial charge in [0.2, 0.25) is 0 Å². The second-order valence-corrected chi connectivity index (χ2v) is 3.94. The normalized spacial score (nSPS) is 11.1. The number of hydrogen-bond donors (Lipinski definition) is 0. The molecule has 0 aliphatic carbocycles. The van der Waals surface area contributed by atoms with E-state index in [-0.39, 0.29) is 0 Å². The zero-order valence-electron chi connectivity index (χ0n) is 8.57. The Balaban J connectivity index is 2.53. The maximum Gasteiger partial charge on any atom is 0.0918 e. The molecule has 0 N–H and O–H groups in total. The number of aromatic nitrogens is 2. The van der Waals surface area contributed by atoms with Crippen molar-refractivity contribution in [1.82, 2.24) is 9.97 Å². The van der Waals surface area contributed by atoms with Crippen LogP contribution in [-0.2, 0) is 6.42 Å². The van der Waals surface area contributed by atoms with E-state index in [1.54, 1.807) is 0 Å². The van der Waals surface area contributed by atoms with Crippen molar-refractivity contribution < 1.29 is 0 Å². The molecule has 2 heteroatoms. The van der Waals surface area contributed by atoms with Gasteiger partial charge < -0.3 is 0 Å². The third kappa shape index (κ3) is 1.74. The van der Waals surface area contributed by atoms with E-state index in [4.69, 9.17) is 0 Å². The van der Waals surface area contributed by atoms with E-state index in [1.165, 1.54) is 5.56 Å². The first kappa shape index (κ1) is 9.13. The topological polar surface area (TPSA) is 25.8 Å². The van der Waals surface area contributed by atoms with Crippen LogP contribution in [0.2, 0.25) is 0 Å². The summed E-state index contributed by atoms with van der Waals surface area (Å²) in [7, 11) is 0. The average Bonchev–Trinajstić information content (AvgIpc) is 2.18. The average molecular weight is 186 g/mol. The highest BCUT2D eigenvalue weighted by Crippen LogP contribution is 2.16. The molecule has 2 nitrogen and oxygen atoms in total. The molecule has 0 bridgehead atoms. The number of pyridine rings is 2. The van der Waals surface area contributed by atoms with Gasteiger partial charge in [-0.25, -0.2) is 0 Å². The van der Waals surface area contributed by atoms with Gasteiger partial charge in [-0.05, 0) is 36.1 Å². The highest BCUT2D eigenvalue weighted by molar-refractivity contribution is 5.77. The van der Waals surface area contributed by atoms with Crippen molar-refractivity contribution in [3.63, 3.8) is 0 Å². The molecular formula is C12H14N2. The largest absolute Gasteiger partial charge is 0.255 e. The van der Waals surface area contributed by atoms with E-state index in [0.29, 0.717) is 5.92 Å². The van der Waals surface area contributed by atoms with Gasteiger partial charge in [0.25, 0.3) is 0 Å². The molecule has 2 aromatic rings. The summed E-state index contributed by atoms with van der Waals surface area (Å²) in [5.41, 5.74) is 3.33. The van der Waals surface area contributed by atoms with Gasteiger partial charge in [-0.3, -0.25) is 9.97 Å². The van der Waals surface area contributed by atoms with Crippen molar-refractivity contribution in [1.29, 1.82) is 0 Å². The smallest absolute Gasteiger partial charge is 0.0918 e. The summed E-state index contributed by atoms with van der Waals surface area (Å²) in [6.45, 7) is 4.43. The molecule has 0 aliphatic rings. The molecule has 0 fully saturated rings. The van der Waals surface area contributed by atoms with Crippen LogP contribution >= 0.6 is 0 Å². The van der Waals surface area contributed by atoms with Gasteiger partial charge in [-0.2, -0.15) is 0 Å². The van der Waals surface area contributed by atoms with E-state index in [0.717, 1.165) is 17.5 Å². The SMILES string of the molecule is CC(C)Cc1ccnc2cccnc12. The molecule has 2 heterocycles. The van der Waals surface area contributed by atoms with Crippen LogP contribution in [0.1, 0.15) is 19.4 Å². The zero-order chi connectivity index (χ0) is 9.97. The molecule has 0 radical (unpaired) electrons. The van der Waals surface area contributed by atoms with Crippen molar-refractivity contribution >= 4 is 11.0 Å². The standard InChI is InChI=1S/C12H14N2/c1-9(2)8-10-5-7-13-11-4-3-6-14-12(10)11/h3-7,9H,8H2,1-2H3. The number of fused-ring (bicyclic) bond motifs is 1. The van der Waals surface area contributed by atoms with Crippen LogP contribution in [0, 0.1) is 5.92 Å². The van der Waals surface area contributed by atoms with E-state index in [1.807, 2.05) is 24.5 Å². The second-order valence-electron chi connectivity index (χ2n) is 3.94. The van der Waals surface area contributed by atoms with Crippen molar-refractivity contribution in [3.8, 4) is 0 Å². The monoisotopic (exact) mass is 186 g/mol. The van der Waals surface area contributed by atoms with Gasteiger partial charge in [-0.15, -0.1) is 0 Å². The van der Waals surface area contributed by atoms with Gasteiger partial charge in [0.1, 0.15) is 0 Å². The molecule has 0 unspecified atom stereocenters. The predicted octanol–water partition coefficient (Wildman–Crippen LogP) is 2.83. The highest BCUT2D eigenvalue weighted by Gasteiger charge is 2.04. The lowest BCUT2D eigenvalue weighted by Gasteiger charge is -2.06. The van der Waals surface area contributed by atoms with Crippen LogP contribution in [0.15, 0.2) is 30.6 Å². The van der Waals surface area contributed by atoms with E-state index >= 15 is 0 Å². The van der Waals surface area contributed by atoms with Gasteiger partial charge >= 0.3 is 0 Å². The Bertz CT molecular complexity index is 430. The Morgan fingerprint density at radius 1 is 1.14 bits per heavy atom. The molecule has 0 amide bonds. The van der Waals surface area contributed by atoms with Crippen LogP contribution in [0.3, 0.4) is 0 Å². The first-order valence-electron chi connectivity index (χ1n) is 4.96. The Morgan fingerprint density at radius 3 is 2.79 bits per heavy atom. The first-order valence-corrected chi connectivity index (χ1v) is 4.96. The van der Waals surface area contributed by atoms with E-state index < -0.39 is 0 Å². The van der Waals surface area contributed by atoms with Gasteiger partial charge in [-0.1, -0.05) is 13.8 Å². The molecular weight excluding hydrogens is 172 g/mol. The van der Waals surface area contributed by atoms with Crippen LogP contribution in [0.25, 0.3) is 11.0 Å². The molecule has 72 valence electrons. The summed E-state index contributed by atoms with van der Waals surface area (Å²) in [4.78, 5) is 8.66. The molecule has 0 spiro atoms. The van der Waals surface area contributed by atoms with Gasteiger partial charge in [0.05, 0.1) is 11.0 Å². The number of nitrogens with zero attached hydrogens (tertiary/aromatic N) is 2. The highest BCUT2D eigenvalue weighted by atomic mass is 14.7. The summed E-state index contributed by atoms with van der Waals surface area (Å²) in [5, 5.41) is 0. The lowest BCUT2D eigenvalue weighted by molar-refractivity contribution is 0.649. The Labute approximate surface area is 84.0 Å². The Morgan fingerprint density at radius 2 is 2.00 bits per heavy atom. The molecule has 0 saturated carbocycles. The molecule has 0 atom stereocenters. The van der Waals surface area contributed by atoms with Gasteiger partial charge in [0.15, 0.2) is 0 Å². The van der Waals surface area contributed by atoms with E-state index in [2.05, 4.69) is 29.9 Å². The van der Waals surface area contributed by atoms with Gasteiger partial charge in [0, 0.05) is 12.4 Å². The minimum absolute atomic E-state index is 0.655. The number of hydrogen-bond acceptors (Lipinski definition) is 2. The van der Waals surface area contributed by atoms with Crippen molar-refractivity contribution in [2.75, 3.05) is 0 Å². The third-order valence-electron chi connectivity index (χ3n) is 2.21. The summed E-state index contributed by atoms with van der Waals surface area (Å²) in [6, 6.07) is 6.00. The van der Waals surface area contributed by atoms with Crippen molar-refractivity contribution in [2.45, 2.75) is 20.3 Å². The summed E-state index contributed by atoms with van der Waals surface area (Å²) in [5.74, 6) is 0.655. The molecule has 2 rings (SSSR count). The van der Waals surface area contributed by atoms with Crippen LogP contribution in [-0.4, -0.2) is 9.97 Å². The van der Waals surface area contributed by atoms with Crippen molar-refractivity contribution in [2.24, 2.45) is 5.92 Å². The molecule has 0 aliphatic heterocycles. The molecule has 2 aromatic heterocycles. The third-order valence-corrected chi connectivity index (χ3v) is 2.21. The number of rotatable bonds is 2. The van der Waals surface area contributed by atoms with Crippen LogP contribution in [0.5, 0.6) is 0 Å². The summed E-state index contributed by atoms with van der Waals surface area (Å²) in [6.07, 6.45) is 4.76. The lowest BCUT2D eigenvalue weighted by atomic mass is 10.0. The Kier molecular flexibility index (Phi) is 2.44. The fourth-order valence-electron chi connectivity index (χ4n) is 1.64.